The molecule has 0 spiro atoms. The molecule has 1 aliphatic heterocycles. The monoisotopic (exact) mass is 218 g/mol. The molecule has 0 aromatic heterocycles. The molecule has 2 aliphatic rings. The highest BCUT2D eigenvalue weighted by Gasteiger charge is 2.28. The molecule has 0 radical (unpaired) electrons. The first kappa shape index (κ1) is 10.7. The Morgan fingerprint density at radius 2 is 1.93 bits per heavy atom. The molecule has 1 saturated heterocycles. The fourth-order valence-electron chi connectivity index (χ4n) is 2.41. The molecule has 82 valence electrons. The van der Waals surface area contributed by atoms with Gasteiger partial charge in [-0.05, 0) is 5.92 Å². The Balaban J connectivity index is 1.69. The minimum absolute atomic E-state index is 0.0295. The summed E-state index contributed by atoms with van der Waals surface area (Å²) in [4.78, 5) is 0. The number of hydrogen-bond acceptors (Lipinski definition) is 2. The van der Waals surface area contributed by atoms with Crippen molar-refractivity contribution in [1.82, 2.24) is 0 Å². The van der Waals surface area contributed by atoms with Crippen molar-refractivity contribution in [1.29, 1.82) is 0 Å². The maximum absolute atomic E-state index is 5.71. The van der Waals surface area contributed by atoms with Crippen LogP contribution in [-0.4, -0.2) is 24.9 Å². The standard InChI is InChI=1S/C11H19ClO2/c12-7-10-8-13-11(14-10)6-9-4-2-1-3-5-9/h9-11H,1-8H2. The minimum atomic E-state index is 0.0295. The van der Waals surface area contributed by atoms with Gasteiger partial charge in [-0.1, -0.05) is 32.1 Å². The lowest BCUT2D eigenvalue weighted by Crippen LogP contribution is -2.18. The molecular formula is C11H19ClO2. The number of hydrogen-bond donors (Lipinski definition) is 0. The van der Waals surface area contributed by atoms with Crippen LogP contribution in [0.5, 0.6) is 0 Å². The van der Waals surface area contributed by atoms with Crippen LogP contribution in [0.3, 0.4) is 0 Å². The molecule has 0 N–H and O–H groups in total. The summed E-state index contributed by atoms with van der Waals surface area (Å²) in [7, 11) is 0. The van der Waals surface area contributed by atoms with Crippen LogP contribution in [0.15, 0.2) is 0 Å². The predicted octanol–water partition coefficient (Wildman–Crippen LogP) is 2.94. The zero-order chi connectivity index (χ0) is 9.80. The van der Waals surface area contributed by atoms with E-state index in [1.54, 1.807) is 0 Å². The number of ether oxygens (including phenoxy) is 2. The molecule has 0 aromatic rings. The highest BCUT2D eigenvalue weighted by molar-refractivity contribution is 6.18. The highest BCUT2D eigenvalue weighted by Crippen LogP contribution is 2.30. The first-order chi connectivity index (χ1) is 6.88. The van der Waals surface area contributed by atoms with Gasteiger partial charge in [-0.3, -0.25) is 0 Å². The van der Waals surface area contributed by atoms with Crippen LogP contribution in [0.25, 0.3) is 0 Å². The van der Waals surface area contributed by atoms with Gasteiger partial charge in [0.25, 0.3) is 0 Å². The van der Waals surface area contributed by atoms with E-state index < -0.39 is 0 Å². The van der Waals surface area contributed by atoms with Gasteiger partial charge < -0.3 is 9.47 Å². The smallest absolute Gasteiger partial charge is 0.158 e. The second kappa shape index (κ2) is 5.34. The quantitative estimate of drug-likeness (QED) is 0.679. The summed E-state index contributed by atoms with van der Waals surface area (Å²) in [6.07, 6.45) is 8.13. The summed E-state index contributed by atoms with van der Waals surface area (Å²) >= 11 is 5.71. The fraction of sp³-hybridized carbons (Fsp3) is 1.00. The number of halogens is 1. The molecule has 3 heteroatoms. The molecule has 0 bridgehead atoms. The zero-order valence-corrected chi connectivity index (χ0v) is 9.34. The SMILES string of the molecule is ClCC1COC(CC2CCCCC2)O1. The average Bonchev–Trinajstić information content (AvgIpc) is 2.67. The van der Waals surface area contributed by atoms with E-state index in [1.807, 2.05) is 0 Å². The molecule has 0 aromatic carbocycles. The van der Waals surface area contributed by atoms with Gasteiger partial charge in [0.2, 0.25) is 0 Å². The van der Waals surface area contributed by atoms with Crippen molar-refractivity contribution in [3.05, 3.63) is 0 Å². The highest BCUT2D eigenvalue weighted by atomic mass is 35.5. The van der Waals surface area contributed by atoms with Gasteiger partial charge in [-0.2, -0.15) is 0 Å². The van der Waals surface area contributed by atoms with Crippen molar-refractivity contribution >= 4 is 11.6 Å². The van der Waals surface area contributed by atoms with Crippen molar-refractivity contribution in [3.63, 3.8) is 0 Å². The van der Waals surface area contributed by atoms with E-state index in [4.69, 9.17) is 21.1 Å². The molecule has 2 fully saturated rings. The first-order valence-electron chi connectivity index (χ1n) is 5.71. The summed E-state index contributed by atoms with van der Waals surface area (Å²) in [5, 5.41) is 0. The van der Waals surface area contributed by atoms with Gasteiger partial charge in [0, 0.05) is 6.42 Å². The molecule has 2 atom stereocenters. The summed E-state index contributed by atoms with van der Waals surface area (Å²) in [6, 6.07) is 0. The summed E-state index contributed by atoms with van der Waals surface area (Å²) < 4.78 is 11.2. The first-order valence-corrected chi connectivity index (χ1v) is 6.25. The van der Waals surface area contributed by atoms with Crippen LogP contribution < -0.4 is 0 Å². The third-order valence-corrected chi connectivity index (χ3v) is 3.58. The second-order valence-corrected chi connectivity index (χ2v) is 4.72. The molecule has 0 amide bonds. The molecule has 2 rings (SSSR count). The second-order valence-electron chi connectivity index (χ2n) is 4.42. The van der Waals surface area contributed by atoms with E-state index in [0.717, 1.165) is 12.3 Å². The minimum Gasteiger partial charge on any atom is -0.350 e. The normalized spacial score (nSPS) is 34.9. The Morgan fingerprint density at radius 1 is 1.14 bits per heavy atom. The number of alkyl halides is 1. The maximum Gasteiger partial charge on any atom is 0.158 e. The van der Waals surface area contributed by atoms with Gasteiger partial charge in [0.15, 0.2) is 6.29 Å². The van der Waals surface area contributed by atoms with Gasteiger partial charge >= 0.3 is 0 Å². The Labute approximate surface area is 90.9 Å². The van der Waals surface area contributed by atoms with Crippen molar-refractivity contribution in [2.75, 3.05) is 12.5 Å². The zero-order valence-electron chi connectivity index (χ0n) is 8.58. The molecule has 2 unspecified atom stereocenters. The average molecular weight is 219 g/mol. The van der Waals surface area contributed by atoms with Crippen LogP contribution in [0, 0.1) is 5.92 Å². The maximum atomic E-state index is 5.71. The Bertz CT molecular complexity index is 169. The van der Waals surface area contributed by atoms with E-state index in [0.29, 0.717) is 12.5 Å². The van der Waals surface area contributed by atoms with Gasteiger partial charge in [0.1, 0.15) is 0 Å². The van der Waals surface area contributed by atoms with Crippen molar-refractivity contribution in [3.8, 4) is 0 Å². The van der Waals surface area contributed by atoms with Crippen LogP contribution >= 0.6 is 11.6 Å². The van der Waals surface area contributed by atoms with Gasteiger partial charge in [-0.15, -0.1) is 11.6 Å². The lowest BCUT2D eigenvalue weighted by atomic mass is 9.87. The predicted molar refractivity (Wildman–Crippen MR) is 56.5 cm³/mol. The van der Waals surface area contributed by atoms with Gasteiger partial charge in [-0.25, -0.2) is 0 Å². The van der Waals surface area contributed by atoms with E-state index >= 15 is 0 Å². The van der Waals surface area contributed by atoms with Crippen LogP contribution in [0.2, 0.25) is 0 Å². The topological polar surface area (TPSA) is 18.5 Å². The summed E-state index contributed by atoms with van der Waals surface area (Å²) in [5.41, 5.74) is 0. The van der Waals surface area contributed by atoms with E-state index in [2.05, 4.69) is 0 Å². The summed E-state index contributed by atoms with van der Waals surface area (Å²) in [6.45, 7) is 0.681. The fourth-order valence-corrected chi connectivity index (χ4v) is 2.57. The van der Waals surface area contributed by atoms with Crippen LogP contribution in [0.1, 0.15) is 38.5 Å². The van der Waals surface area contributed by atoms with Gasteiger partial charge in [0.05, 0.1) is 18.6 Å². The van der Waals surface area contributed by atoms with E-state index in [1.165, 1.54) is 32.1 Å². The van der Waals surface area contributed by atoms with Crippen LogP contribution in [-0.2, 0) is 9.47 Å². The Morgan fingerprint density at radius 3 is 2.57 bits per heavy atom. The van der Waals surface area contributed by atoms with E-state index in [9.17, 15) is 0 Å². The number of rotatable bonds is 3. The molecule has 1 aliphatic carbocycles. The molecule has 1 saturated carbocycles. The third-order valence-electron chi connectivity index (χ3n) is 3.23. The molecule has 14 heavy (non-hydrogen) atoms. The molecule has 2 nitrogen and oxygen atoms in total. The largest absolute Gasteiger partial charge is 0.350 e. The third kappa shape index (κ3) is 2.85. The molecular weight excluding hydrogens is 200 g/mol. The molecule has 1 heterocycles. The lowest BCUT2D eigenvalue weighted by Gasteiger charge is -2.23. The lowest BCUT2D eigenvalue weighted by molar-refractivity contribution is -0.0707. The van der Waals surface area contributed by atoms with Crippen molar-refractivity contribution in [2.45, 2.75) is 50.9 Å². The Hall–Kier alpha value is 0.210. The van der Waals surface area contributed by atoms with Crippen LogP contribution in [0.4, 0.5) is 0 Å². The van der Waals surface area contributed by atoms with Crippen molar-refractivity contribution in [2.24, 2.45) is 5.92 Å². The van der Waals surface area contributed by atoms with E-state index in [-0.39, 0.29) is 12.4 Å². The summed E-state index contributed by atoms with van der Waals surface area (Å²) in [5.74, 6) is 1.38. The van der Waals surface area contributed by atoms with Crippen molar-refractivity contribution < 1.29 is 9.47 Å². The Kier molecular flexibility index (Phi) is 4.09.